The van der Waals surface area contributed by atoms with Gasteiger partial charge in [0.1, 0.15) is 5.82 Å². The molecule has 0 aliphatic rings. The number of aryl methyl sites for hydroxylation is 1. The van der Waals surface area contributed by atoms with E-state index in [0.717, 1.165) is 32.2 Å². The molecule has 0 spiro atoms. The second kappa shape index (κ2) is 7.23. The summed E-state index contributed by atoms with van der Waals surface area (Å²) in [4.78, 5) is 0. The van der Waals surface area contributed by atoms with Crippen LogP contribution in [0.1, 0.15) is 29.7 Å². The first-order valence-electron chi connectivity index (χ1n) is 6.58. The van der Waals surface area contributed by atoms with Crippen LogP contribution in [0.3, 0.4) is 0 Å². The monoisotopic (exact) mass is 433 g/mol. The highest BCUT2D eigenvalue weighted by atomic mass is 79.9. The van der Waals surface area contributed by atoms with Gasteiger partial charge in [0, 0.05) is 8.95 Å². The van der Waals surface area contributed by atoms with E-state index in [1.165, 1.54) is 6.07 Å². The Balaban J connectivity index is 2.52. The van der Waals surface area contributed by atoms with Crippen LogP contribution < -0.4 is 5.32 Å². The van der Waals surface area contributed by atoms with Gasteiger partial charge in [0.2, 0.25) is 0 Å². The lowest BCUT2D eigenvalue weighted by atomic mass is 9.97. The van der Waals surface area contributed by atoms with Gasteiger partial charge < -0.3 is 5.32 Å². The van der Waals surface area contributed by atoms with Crippen molar-refractivity contribution < 1.29 is 4.39 Å². The SMILES string of the molecule is CCNC(c1ccc(Cl)c(F)c1)c1cc(Br)c(C)cc1Br. The van der Waals surface area contributed by atoms with E-state index in [1.807, 2.05) is 19.9 Å². The normalized spacial score (nSPS) is 12.5. The number of hydrogen-bond acceptors (Lipinski definition) is 1. The summed E-state index contributed by atoms with van der Waals surface area (Å²) in [5.74, 6) is -0.403. The predicted molar refractivity (Wildman–Crippen MR) is 93.5 cm³/mol. The van der Waals surface area contributed by atoms with Crippen molar-refractivity contribution in [3.05, 3.63) is 66.8 Å². The molecule has 2 aromatic carbocycles. The standard InChI is InChI=1S/C16H15Br2ClFN/c1-3-21-16(10-4-5-14(19)15(20)7-10)11-8-12(17)9(2)6-13(11)18/h4-8,16,21H,3H2,1-2H3. The molecular formula is C16H15Br2ClFN. The molecule has 112 valence electrons. The van der Waals surface area contributed by atoms with E-state index >= 15 is 0 Å². The van der Waals surface area contributed by atoms with Crippen molar-refractivity contribution in [2.45, 2.75) is 19.9 Å². The fourth-order valence-electron chi connectivity index (χ4n) is 2.19. The molecule has 1 nitrogen and oxygen atoms in total. The van der Waals surface area contributed by atoms with Crippen molar-refractivity contribution in [2.24, 2.45) is 0 Å². The summed E-state index contributed by atoms with van der Waals surface area (Å²) in [6.07, 6.45) is 0. The van der Waals surface area contributed by atoms with E-state index in [4.69, 9.17) is 11.6 Å². The molecule has 0 saturated carbocycles. The summed E-state index contributed by atoms with van der Waals surface area (Å²) in [6, 6.07) is 8.92. The van der Waals surface area contributed by atoms with Crippen LogP contribution in [0.25, 0.3) is 0 Å². The Labute approximate surface area is 146 Å². The van der Waals surface area contributed by atoms with E-state index in [9.17, 15) is 4.39 Å². The summed E-state index contributed by atoms with van der Waals surface area (Å²) in [5.41, 5.74) is 3.04. The summed E-state index contributed by atoms with van der Waals surface area (Å²) >= 11 is 12.9. The van der Waals surface area contributed by atoms with Gasteiger partial charge in [0.15, 0.2) is 0 Å². The molecule has 1 N–H and O–H groups in total. The molecule has 1 unspecified atom stereocenters. The third kappa shape index (κ3) is 3.86. The Morgan fingerprint density at radius 3 is 2.52 bits per heavy atom. The van der Waals surface area contributed by atoms with Crippen molar-refractivity contribution in [2.75, 3.05) is 6.54 Å². The largest absolute Gasteiger partial charge is 0.306 e. The molecule has 2 rings (SSSR count). The first-order chi connectivity index (χ1) is 9.93. The van der Waals surface area contributed by atoms with E-state index in [0.29, 0.717) is 0 Å². The number of hydrogen-bond donors (Lipinski definition) is 1. The smallest absolute Gasteiger partial charge is 0.142 e. The van der Waals surface area contributed by atoms with E-state index in [1.54, 1.807) is 6.07 Å². The lowest BCUT2D eigenvalue weighted by Crippen LogP contribution is -2.22. The van der Waals surface area contributed by atoms with Crippen LogP contribution in [0.4, 0.5) is 4.39 Å². The molecule has 0 radical (unpaired) electrons. The zero-order chi connectivity index (χ0) is 15.6. The zero-order valence-corrected chi connectivity index (χ0v) is 15.6. The maximum absolute atomic E-state index is 13.8. The lowest BCUT2D eigenvalue weighted by molar-refractivity contribution is 0.602. The molecule has 0 aliphatic heterocycles. The first kappa shape index (κ1) is 16.9. The van der Waals surface area contributed by atoms with Crippen LogP contribution in [0.5, 0.6) is 0 Å². The number of rotatable bonds is 4. The average molecular weight is 436 g/mol. The third-order valence-electron chi connectivity index (χ3n) is 3.27. The van der Waals surface area contributed by atoms with Crippen LogP contribution in [0.15, 0.2) is 39.3 Å². The van der Waals surface area contributed by atoms with Crippen LogP contribution in [0, 0.1) is 12.7 Å². The van der Waals surface area contributed by atoms with Gasteiger partial charge in [-0.2, -0.15) is 0 Å². The number of nitrogens with one attached hydrogen (secondary N) is 1. The Kier molecular flexibility index (Phi) is 5.83. The zero-order valence-electron chi connectivity index (χ0n) is 11.7. The molecule has 1 atom stereocenters. The van der Waals surface area contributed by atoms with Crippen molar-refractivity contribution in [1.82, 2.24) is 5.32 Å². The second-order valence-corrected chi connectivity index (χ2v) is 6.90. The van der Waals surface area contributed by atoms with Crippen LogP contribution in [0.2, 0.25) is 5.02 Å². The Morgan fingerprint density at radius 1 is 1.19 bits per heavy atom. The number of halogens is 4. The van der Waals surface area contributed by atoms with E-state index in [2.05, 4.69) is 49.3 Å². The Morgan fingerprint density at radius 2 is 1.90 bits per heavy atom. The van der Waals surface area contributed by atoms with Gasteiger partial charge in [-0.1, -0.05) is 56.5 Å². The van der Waals surface area contributed by atoms with Gasteiger partial charge in [-0.05, 0) is 54.4 Å². The summed E-state index contributed by atoms with van der Waals surface area (Å²) in [5, 5.41) is 3.53. The Bertz CT molecular complexity index is 661. The minimum absolute atomic E-state index is 0.104. The minimum Gasteiger partial charge on any atom is -0.306 e. The topological polar surface area (TPSA) is 12.0 Å². The maximum atomic E-state index is 13.8. The summed E-state index contributed by atoms with van der Waals surface area (Å²) < 4.78 is 15.8. The quantitative estimate of drug-likeness (QED) is 0.620. The van der Waals surface area contributed by atoms with Crippen molar-refractivity contribution in [3.63, 3.8) is 0 Å². The van der Waals surface area contributed by atoms with Gasteiger partial charge in [-0.15, -0.1) is 0 Å². The molecule has 0 bridgehead atoms. The highest BCUT2D eigenvalue weighted by Gasteiger charge is 2.18. The van der Waals surface area contributed by atoms with E-state index < -0.39 is 5.82 Å². The first-order valence-corrected chi connectivity index (χ1v) is 8.54. The van der Waals surface area contributed by atoms with Crippen molar-refractivity contribution in [1.29, 1.82) is 0 Å². The molecule has 2 aromatic rings. The highest BCUT2D eigenvalue weighted by molar-refractivity contribution is 9.11. The second-order valence-electron chi connectivity index (χ2n) is 4.79. The molecule has 5 heteroatoms. The molecule has 21 heavy (non-hydrogen) atoms. The third-order valence-corrected chi connectivity index (χ3v) is 5.12. The van der Waals surface area contributed by atoms with Crippen LogP contribution in [-0.2, 0) is 0 Å². The van der Waals surface area contributed by atoms with Crippen molar-refractivity contribution >= 4 is 43.5 Å². The van der Waals surface area contributed by atoms with E-state index in [-0.39, 0.29) is 11.1 Å². The lowest BCUT2D eigenvalue weighted by Gasteiger charge is -2.21. The minimum atomic E-state index is -0.403. The number of benzene rings is 2. The fraction of sp³-hybridized carbons (Fsp3) is 0.250. The van der Waals surface area contributed by atoms with Crippen LogP contribution in [-0.4, -0.2) is 6.54 Å². The van der Waals surface area contributed by atoms with Gasteiger partial charge in [0.05, 0.1) is 11.1 Å². The molecule has 0 fully saturated rings. The van der Waals surface area contributed by atoms with Gasteiger partial charge in [-0.25, -0.2) is 4.39 Å². The summed E-state index contributed by atoms with van der Waals surface area (Å²) in [7, 11) is 0. The van der Waals surface area contributed by atoms with Crippen molar-refractivity contribution in [3.8, 4) is 0 Å². The van der Waals surface area contributed by atoms with Gasteiger partial charge >= 0.3 is 0 Å². The molecule has 0 aromatic heterocycles. The molecule has 0 heterocycles. The van der Waals surface area contributed by atoms with Crippen LogP contribution >= 0.6 is 43.5 Å². The highest BCUT2D eigenvalue weighted by Crippen LogP contribution is 2.34. The van der Waals surface area contributed by atoms with Gasteiger partial charge in [0.25, 0.3) is 0 Å². The molecule has 0 aliphatic carbocycles. The summed E-state index contributed by atoms with van der Waals surface area (Å²) in [6.45, 7) is 4.83. The average Bonchev–Trinajstić information content (AvgIpc) is 2.44. The predicted octanol–water partition coefficient (Wildman–Crippen LogP) is 6.01. The molecule has 0 amide bonds. The maximum Gasteiger partial charge on any atom is 0.142 e. The Hall–Kier alpha value is -0.420. The molecular weight excluding hydrogens is 420 g/mol. The van der Waals surface area contributed by atoms with Gasteiger partial charge in [-0.3, -0.25) is 0 Å². The fourth-order valence-corrected chi connectivity index (χ4v) is 3.35. The molecule has 0 saturated heterocycles.